The molecule has 1 N–H and O–H groups in total. The van der Waals surface area contributed by atoms with Crippen molar-refractivity contribution in [1.29, 1.82) is 0 Å². The standard InChI is InChI=1S/C26H37N5O/c1-18-22(12-13-26(32)27-16-20-10-11-20)19(2)31-25(28-18)15-23(29-31)24-9-6-14-30(24)17-21-7-4-3-5-8-21/h3-4,15,20-21,24H,5-14,16-17H2,1-2H3,(H,27,32)/t21-,24+/m1/s1. The van der Waals surface area contributed by atoms with Crippen molar-refractivity contribution < 1.29 is 4.79 Å². The van der Waals surface area contributed by atoms with Gasteiger partial charge in [0.25, 0.3) is 0 Å². The lowest BCUT2D eigenvalue weighted by Gasteiger charge is -2.28. The molecule has 2 aliphatic carbocycles. The van der Waals surface area contributed by atoms with Crippen LogP contribution in [0, 0.1) is 25.7 Å². The molecule has 0 bridgehead atoms. The summed E-state index contributed by atoms with van der Waals surface area (Å²) in [5.41, 5.74) is 5.39. The van der Waals surface area contributed by atoms with Gasteiger partial charge in [-0.2, -0.15) is 5.10 Å². The van der Waals surface area contributed by atoms with Gasteiger partial charge in [0.2, 0.25) is 5.91 Å². The molecule has 1 saturated heterocycles. The third-order valence-corrected chi connectivity index (χ3v) is 7.65. The summed E-state index contributed by atoms with van der Waals surface area (Å²) in [6, 6.07) is 2.59. The van der Waals surface area contributed by atoms with Gasteiger partial charge in [0, 0.05) is 37.0 Å². The summed E-state index contributed by atoms with van der Waals surface area (Å²) in [5.74, 6) is 1.64. The minimum Gasteiger partial charge on any atom is -0.356 e. The van der Waals surface area contributed by atoms with Gasteiger partial charge in [-0.3, -0.25) is 9.69 Å². The summed E-state index contributed by atoms with van der Waals surface area (Å²) < 4.78 is 2.01. The van der Waals surface area contributed by atoms with Gasteiger partial charge in [-0.25, -0.2) is 9.50 Å². The van der Waals surface area contributed by atoms with E-state index in [1.165, 1.54) is 58.0 Å². The Morgan fingerprint density at radius 2 is 2.03 bits per heavy atom. The van der Waals surface area contributed by atoms with Gasteiger partial charge in [-0.15, -0.1) is 0 Å². The predicted molar refractivity (Wildman–Crippen MR) is 127 cm³/mol. The van der Waals surface area contributed by atoms with Crippen LogP contribution in [0.1, 0.15) is 80.1 Å². The normalized spacial score (nSPS) is 23.8. The van der Waals surface area contributed by atoms with Crippen LogP contribution in [-0.2, 0) is 11.2 Å². The van der Waals surface area contributed by atoms with E-state index in [4.69, 9.17) is 10.1 Å². The van der Waals surface area contributed by atoms with Crippen LogP contribution in [0.15, 0.2) is 18.2 Å². The van der Waals surface area contributed by atoms with Crippen molar-refractivity contribution in [2.45, 2.75) is 77.7 Å². The minimum absolute atomic E-state index is 0.149. The summed E-state index contributed by atoms with van der Waals surface area (Å²) in [7, 11) is 0. The zero-order valence-electron chi connectivity index (χ0n) is 19.6. The topological polar surface area (TPSA) is 62.5 Å². The molecule has 1 saturated carbocycles. The van der Waals surface area contributed by atoms with E-state index in [1.807, 2.05) is 4.52 Å². The number of likely N-dealkylation sites (tertiary alicyclic amines) is 1. The number of nitrogens with zero attached hydrogens (tertiary/aromatic N) is 4. The van der Waals surface area contributed by atoms with Crippen LogP contribution in [0.4, 0.5) is 0 Å². The van der Waals surface area contributed by atoms with E-state index in [-0.39, 0.29) is 5.91 Å². The first-order chi connectivity index (χ1) is 15.6. The van der Waals surface area contributed by atoms with Crippen molar-refractivity contribution in [1.82, 2.24) is 24.8 Å². The van der Waals surface area contributed by atoms with Crippen LogP contribution in [-0.4, -0.2) is 45.0 Å². The van der Waals surface area contributed by atoms with Crippen LogP contribution >= 0.6 is 0 Å². The molecule has 2 aromatic heterocycles. The van der Waals surface area contributed by atoms with Crippen LogP contribution in [0.5, 0.6) is 0 Å². The molecule has 3 aliphatic rings. The molecule has 3 heterocycles. The zero-order valence-corrected chi connectivity index (χ0v) is 19.6. The monoisotopic (exact) mass is 435 g/mol. The Morgan fingerprint density at radius 3 is 2.81 bits per heavy atom. The number of allylic oxidation sites excluding steroid dienone is 2. The Kier molecular flexibility index (Phi) is 6.31. The molecule has 1 aliphatic heterocycles. The maximum Gasteiger partial charge on any atom is 0.220 e. The summed E-state index contributed by atoms with van der Waals surface area (Å²) in [6.45, 7) is 7.37. The minimum atomic E-state index is 0.149. The zero-order chi connectivity index (χ0) is 22.1. The average Bonchev–Trinajstić information content (AvgIpc) is 3.35. The van der Waals surface area contributed by atoms with Crippen molar-refractivity contribution in [3.05, 3.63) is 40.9 Å². The van der Waals surface area contributed by atoms with Crippen LogP contribution in [0.3, 0.4) is 0 Å². The Labute approximate surface area is 191 Å². The Hall–Kier alpha value is -2.21. The molecule has 2 aromatic rings. The number of nitrogens with one attached hydrogen (secondary N) is 1. The smallest absolute Gasteiger partial charge is 0.220 e. The maximum atomic E-state index is 12.2. The molecule has 0 spiro atoms. The summed E-state index contributed by atoms with van der Waals surface area (Å²) in [5, 5.41) is 8.11. The van der Waals surface area contributed by atoms with Gasteiger partial charge in [0.15, 0.2) is 5.65 Å². The molecular formula is C26H37N5O. The summed E-state index contributed by atoms with van der Waals surface area (Å²) in [6.07, 6.45) is 14.6. The van der Waals surface area contributed by atoms with Crippen molar-refractivity contribution in [3.8, 4) is 0 Å². The quantitative estimate of drug-likeness (QED) is 0.628. The molecule has 2 fully saturated rings. The highest BCUT2D eigenvalue weighted by Gasteiger charge is 2.30. The number of hydrogen-bond acceptors (Lipinski definition) is 4. The van der Waals surface area contributed by atoms with Gasteiger partial charge in [-0.1, -0.05) is 12.2 Å². The second-order valence-corrected chi connectivity index (χ2v) is 10.2. The van der Waals surface area contributed by atoms with E-state index in [9.17, 15) is 4.79 Å². The van der Waals surface area contributed by atoms with Crippen LogP contribution in [0.2, 0.25) is 0 Å². The first-order valence-electron chi connectivity index (χ1n) is 12.6. The number of carbonyl (C=O) groups excluding carboxylic acids is 1. The maximum absolute atomic E-state index is 12.2. The second kappa shape index (κ2) is 9.34. The van der Waals surface area contributed by atoms with E-state index in [2.05, 4.69) is 42.3 Å². The lowest BCUT2D eigenvalue weighted by Crippen LogP contribution is -2.30. The van der Waals surface area contributed by atoms with E-state index in [0.717, 1.165) is 47.2 Å². The van der Waals surface area contributed by atoms with Gasteiger partial charge < -0.3 is 5.32 Å². The summed E-state index contributed by atoms with van der Waals surface area (Å²) in [4.78, 5) is 19.8. The average molecular weight is 436 g/mol. The van der Waals surface area contributed by atoms with E-state index in [0.29, 0.717) is 18.4 Å². The van der Waals surface area contributed by atoms with Gasteiger partial charge in [0.05, 0.1) is 11.7 Å². The van der Waals surface area contributed by atoms with Gasteiger partial charge >= 0.3 is 0 Å². The van der Waals surface area contributed by atoms with E-state index < -0.39 is 0 Å². The molecule has 6 nitrogen and oxygen atoms in total. The third kappa shape index (κ3) is 4.75. The first kappa shape index (κ1) is 21.6. The second-order valence-electron chi connectivity index (χ2n) is 10.2. The Bertz CT molecular complexity index is 1010. The highest BCUT2D eigenvalue weighted by atomic mass is 16.1. The Balaban J connectivity index is 1.30. The number of hydrogen-bond donors (Lipinski definition) is 1. The molecule has 0 radical (unpaired) electrons. The first-order valence-corrected chi connectivity index (χ1v) is 12.6. The van der Waals surface area contributed by atoms with E-state index >= 15 is 0 Å². The van der Waals surface area contributed by atoms with Gasteiger partial charge in [0.1, 0.15) is 0 Å². The van der Waals surface area contributed by atoms with Crippen molar-refractivity contribution in [2.75, 3.05) is 19.6 Å². The molecule has 0 aromatic carbocycles. The summed E-state index contributed by atoms with van der Waals surface area (Å²) >= 11 is 0. The lowest BCUT2D eigenvalue weighted by molar-refractivity contribution is -0.121. The number of aryl methyl sites for hydroxylation is 2. The largest absolute Gasteiger partial charge is 0.356 e. The number of amides is 1. The Morgan fingerprint density at radius 1 is 1.16 bits per heavy atom. The molecule has 0 unspecified atom stereocenters. The SMILES string of the molecule is Cc1nc2cc([C@@H]3CCCN3C[C@@H]3CC=CCC3)nn2c(C)c1CCC(=O)NCC1CC1. The molecule has 172 valence electrons. The molecule has 32 heavy (non-hydrogen) atoms. The van der Waals surface area contributed by atoms with Crippen LogP contribution in [0.25, 0.3) is 5.65 Å². The number of carbonyl (C=O) groups is 1. The highest BCUT2D eigenvalue weighted by molar-refractivity contribution is 5.76. The van der Waals surface area contributed by atoms with Crippen molar-refractivity contribution >= 4 is 11.6 Å². The van der Waals surface area contributed by atoms with Crippen molar-refractivity contribution in [3.63, 3.8) is 0 Å². The fraction of sp³-hybridized carbons (Fsp3) is 0.654. The fourth-order valence-corrected chi connectivity index (χ4v) is 5.51. The molecular weight excluding hydrogens is 398 g/mol. The third-order valence-electron chi connectivity index (χ3n) is 7.65. The highest BCUT2D eigenvalue weighted by Crippen LogP contribution is 2.34. The number of aromatic nitrogens is 3. The molecule has 6 heteroatoms. The predicted octanol–water partition coefficient (Wildman–Crippen LogP) is 4.30. The van der Waals surface area contributed by atoms with Gasteiger partial charge in [-0.05, 0) is 89.2 Å². The fourth-order valence-electron chi connectivity index (χ4n) is 5.51. The van der Waals surface area contributed by atoms with Crippen molar-refractivity contribution in [2.24, 2.45) is 11.8 Å². The van der Waals surface area contributed by atoms with E-state index in [1.54, 1.807) is 0 Å². The number of rotatable bonds is 8. The molecule has 1 amide bonds. The number of fused-ring (bicyclic) bond motifs is 1. The molecule has 2 atom stereocenters. The molecule has 5 rings (SSSR count). The lowest BCUT2D eigenvalue weighted by atomic mass is 9.93. The van der Waals surface area contributed by atoms with Crippen LogP contribution < -0.4 is 5.32 Å².